The van der Waals surface area contributed by atoms with Gasteiger partial charge in [-0.3, -0.25) is 9.69 Å². The summed E-state index contributed by atoms with van der Waals surface area (Å²) in [6.07, 6.45) is 0.336. The number of aromatic nitrogens is 1. The zero-order valence-corrected chi connectivity index (χ0v) is 17.9. The Bertz CT molecular complexity index is 1170. The molecule has 0 aliphatic rings. The van der Waals surface area contributed by atoms with Crippen LogP contribution in [0.15, 0.2) is 66.7 Å². The molecule has 0 unspecified atom stereocenters. The third-order valence-corrected chi connectivity index (χ3v) is 6.26. The quantitative estimate of drug-likeness (QED) is 0.377. The van der Waals surface area contributed by atoms with Crippen molar-refractivity contribution in [2.75, 3.05) is 4.90 Å². The van der Waals surface area contributed by atoms with Crippen molar-refractivity contribution >= 4 is 44.2 Å². The molecule has 0 spiro atoms. The maximum Gasteiger partial charge on any atom is 0.233 e. The Labute approximate surface area is 179 Å². The van der Waals surface area contributed by atoms with Gasteiger partial charge in [0, 0.05) is 0 Å². The minimum absolute atomic E-state index is 0.0241. The van der Waals surface area contributed by atoms with Crippen LogP contribution in [0.25, 0.3) is 10.2 Å². The Morgan fingerprint density at radius 1 is 1.03 bits per heavy atom. The fraction of sp³-hybridized carbons (Fsp3) is 0.167. The zero-order valence-electron chi connectivity index (χ0n) is 16.4. The van der Waals surface area contributed by atoms with Crippen LogP contribution in [0.2, 0.25) is 5.02 Å². The Morgan fingerprint density at radius 2 is 1.83 bits per heavy atom. The number of carbonyl (C=O) groups excluding carboxylic acids is 1. The van der Waals surface area contributed by atoms with E-state index in [-0.39, 0.29) is 5.91 Å². The number of rotatable bonds is 5. The number of benzene rings is 3. The van der Waals surface area contributed by atoms with E-state index < -0.39 is 0 Å². The summed E-state index contributed by atoms with van der Waals surface area (Å²) in [6, 6.07) is 21.9. The van der Waals surface area contributed by atoms with Crippen molar-refractivity contribution < 1.29 is 4.79 Å². The summed E-state index contributed by atoms with van der Waals surface area (Å²) in [4.78, 5) is 19.8. The molecule has 5 heteroatoms. The number of hydrogen-bond donors (Lipinski definition) is 0. The van der Waals surface area contributed by atoms with Gasteiger partial charge in [-0.2, -0.15) is 0 Å². The van der Waals surface area contributed by atoms with Crippen LogP contribution in [0.4, 0.5) is 5.13 Å². The molecule has 0 fully saturated rings. The largest absolute Gasteiger partial charge is 0.283 e. The molecule has 29 heavy (non-hydrogen) atoms. The Hall–Kier alpha value is -2.69. The molecular formula is C24H21ClN2OS. The molecule has 0 aliphatic carbocycles. The second-order valence-corrected chi connectivity index (χ2v) is 8.57. The molecule has 0 N–H and O–H groups in total. The summed E-state index contributed by atoms with van der Waals surface area (Å²) >= 11 is 7.81. The van der Waals surface area contributed by atoms with Crippen LogP contribution in [0.1, 0.15) is 22.3 Å². The highest BCUT2D eigenvalue weighted by molar-refractivity contribution is 7.22. The summed E-state index contributed by atoms with van der Waals surface area (Å²) in [5.41, 5.74) is 5.17. The summed E-state index contributed by atoms with van der Waals surface area (Å²) in [5.74, 6) is 0.0241. The van der Waals surface area contributed by atoms with Gasteiger partial charge in [-0.1, -0.05) is 83.1 Å². The molecule has 0 aliphatic heterocycles. The third kappa shape index (κ3) is 4.34. The molecule has 1 aromatic heterocycles. The van der Waals surface area contributed by atoms with E-state index in [1.807, 2.05) is 54.6 Å². The average Bonchev–Trinajstić information content (AvgIpc) is 3.14. The lowest BCUT2D eigenvalue weighted by Crippen LogP contribution is -2.31. The fourth-order valence-corrected chi connectivity index (χ4v) is 4.63. The SMILES string of the molecule is Cc1ccc(CC(=O)N(Cc2ccccc2)c2nc3c(Cl)cccc3s2)c(C)c1. The Kier molecular flexibility index (Phi) is 5.65. The second-order valence-electron chi connectivity index (χ2n) is 7.16. The number of para-hydroxylation sites is 1. The fourth-order valence-electron chi connectivity index (χ4n) is 3.35. The number of anilines is 1. The highest BCUT2D eigenvalue weighted by Crippen LogP contribution is 2.34. The lowest BCUT2D eigenvalue weighted by Gasteiger charge is -2.21. The summed E-state index contributed by atoms with van der Waals surface area (Å²) in [5, 5.41) is 1.28. The number of halogens is 1. The lowest BCUT2D eigenvalue weighted by atomic mass is 10.0. The molecule has 146 valence electrons. The predicted octanol–water partition coefficient (Wildman–Crippen LogP) is 6.34. The topological polar surface area (TPSA) is 33.2 Å². The molecule has 0 saturated heterocycles. The van der Waals surface area contributed by atoms with Gasteiger partial charge in [0.15, 0.2) is 5.13 Å². The van der Waals surface area contributed by atoms with Crippen LogP contribution in [-0.4, -0.2) is 10.9 Å². The van der Waals surface area contributed by atoms with Gasteiger partial charge in [-0.25, -0.2) is 4.98 Å². The van der Waals surface area contributed by atoms with Gasteiger partial charge in [0.05, 0.1) is 22.7 Å². The van der Waals surface area contributed by atoms with Crippen molar-refractivity contribution in [2.24, 2.45) is 0 Å². The summed E-state index contributed by atoms with van der Waals surface area (Å²) in [6.45, 7) is 4.59. The number of carbonyl (C=O) groups is 1. The summed E-state index contributed by atoms with van der Waals surface area (Å²) in [7, 11) is 0. The summed E-state index contributed by atoms with van der Waals surface area (Å²) < 4.78 is 0.977. The highest BCUT2D eigenvalue weighted by atomic mass is 35.5. The van der Waals surface area contributed by atoms with Crippen LogP contribution in [0, 0.1) is 13.8 Å². The van der Waals surface area contributed by atoms with Gasteiger partial charge in [-0.15, -0.1) is 0 Å². The van der Waals surface area contributed by atoms with Gasteiger partial charge in [0.2, 0.25) is 5.91 Å². The van der Waals surface area contributed by atoms with Crippen molar-refractivity contribution in [3.05, 3.63) is 94.0 Å². The Balaban J connectivity index is 1.70. The minimum atomic E-state index is 0.0241. The normalized spacial score (nSPS) is 11.0. The molecule has 1 heterocycles. The zero-order chi connectivity index (χ0) is 20.4. The maximum absolute atomic E-state index is 13.4. The minimum Gasteiger partial charge on any atom is -0.283 e. The molecule has 4 aromatic rings. The van der Waals surface area contributed by atoms with Crippen LogP contribution >= 0.6 is 22.9 Å². The van der Waals surface area contributed by atoms with E-state index in [1.54, 1.807) is 4.90 Å². The molecule has 0 bridgehead atoms. The lowest BCUT2D eigenvalue weighted by molar-refractivity contribution is -0.118. The van der Waals surface area contributed by atoms with E-state index in [1.165, 1.54) is 16.9 Å². The standard InChI is InChI=1S/C24H21ClN2OS/c1-16-11-12-19(17(2)13-16)14-22(28)27(15-18-7-4-3-5-8-18)24-26-23-20(25)9-6-10-21(23)29-24/h3-13H,14-15H2,1-2H3. The predicted molar refractivity (Wildman–Crippen MR) is 122 cm³/mol. The first-order chi connectivity index (χ1) is 14.0. The van der Waals surface area contributed by atoms with E-state index >= 15 is 0 Å². The van der Waals surface area contributed by atoms with Crippen molar-refractivity contribution in [2.45, 2.75) is 26.8 Å². The van der Waals surface area contributed by atoms with Gasteiger partial charge in [0.25, 0.3) is 0 Å². The second kappa shape index (κ2) is 8.36. The van der Waals surface area contributed by atoms with Crippen LogP contribution < -0.4 is 4.90 Å². The van der Waals surface area contributed by atoms with Gasteiger partial charge < -0.3 is 0 Å². The molecule has 3 aromatic carbocycles. The number of fused-ring (bicyclic) bond motifs is 1. The monoisotopic (exact) mass is 420 g/mol. The van der Waals surface area contributed by atoms with Crippen LogP contribution in [0.3, 0.4) is 0 Å². The van der Waals surface area contributed by atoms with E-state index in [2.05, 4.69) is 26.0 Å². The van der Waals surface area contributed by atoms with E-state index in [4.69, 9.17) is 16.6 Å². The van der Waals surface area contributed by atoms with Crippen LogP contribution in [0.5, 0.6) is 0 Å². The van der Waals surface area contributed by atoms with Gasteiger partial charge in [0.1, 0.15) is 5.52 Å². The van der Waals surface area contributed by atoms with E-state index in [0.717, 1.165) is 26.9 Å². The smallest absolute Gasteiger partial charge is 0.233 e. The molecule has 0 saturated carbocycles. The molecule has 0 radical (unpaired) electrons. The molecular weight excluding hydrogens is 400 g/mol. The number of nitrogens with zero attached hydrogens (tertiary/aromatic N) is 2. The van der Waals surface area contributed by atoms with Crippen molar-refractivity contribution in [1.29, 1.82) is 0 Å². The molecule has 3 nitrogen and oxygen atoms in total. The third-order valence-electron chi connectivity index (χ3n) is 4.91. The number of hydrogen-bond acceptors (Lipinski definition) is 3. The average molecular weight is 421 g/mol. The highest BCUT2D eigenvalue weighted by Gasteiger charge is 2.21. The van der Waals surface area contributed by atoms with E-state index in [0.29, 0.717) is 23.1 Å². The molecule has 4 rings (SSSR count). The van der Waals surface area contributed by atoms with Gasteiger partial charge in [-0.05, 0) is 42.7 Å². The first kappa shape index (κ1) is 19.6. The Morgan fingerprint density at radius 3 is 2.55 bits per heavy atom. The number of thiazole rings is 1. The maximum atomic E-state index is 13.4. The van der Waals surface area contributed by atoms with Crippen molar-refractivity contribution in [3.63, 3.8) is 0 Å². The van der Waals surface area contributed by atoms with Gasteiger partial charge >= 0.3 is 0 Å². The van der Waals surface area contributed by atoms with E-state index in [9.17, 15) is 4.79 Å². The number of aryl methyl sites for hydroxylation is 2. The molecule has 0 atom stereocenters. The van der Waals surface area contributed by atoms with Crippen molar-refractivity contribution in [3.8, 4) is 0 Å². The van der Waals surface area contributed by atoms with Crippen molar-refractivity contribution in [1.82, 2.24) is 4.98 Å². The molecule has 1 amide bonds. The first-order valence-electron chi connectivity index (χ1n) is 9.47. The first-order valence-corrected chi connectivity index (χ1v) is 10.7. The number of amides is 1. The van der Waals surface area contributed by atoms with Crippen LogP contribution in [-0.2, 0) is 17.8 Å².